The Bertz CT molecular complexity index is 426. The zero-order valence-corrected chi connectivity index (χ0v) is 10.1. The molecule has 1 aliphatic heterocycles. The van der Waals surface area contributed by atoms with E-state index in [9.17, 15) is 4.79 Å². The topological polar surface area (TPSA) is 29.5 Å². The fraction of sp³-hybridized carbons (Fsp3) is 0.357. The van der Waals surface area contributed by atoms with Crippen molar-refractivity contribution in [1.29, 1.82) is 0 Å². The first-order chi connectivity index (χ1) is 8.31. The minimum Gasteiger partial charge on any atom is -0.466 e. The fourth-order valence-corrected chi connectivity index (χ4v) is 2.09. The van der Waals surface area contributed by atoms with Gasteiger partial charge in [0.1, 0.15) is 0 Å². The average molecular weight is 231 g/mol. The molecule has 1 heterocycles. The summed E-state index contributed by atoms with van der Waals surface area (Å²) in [5.74, 6) is -0.313. The van der Waals surface area contributed by atoms with E-state index < -0.39 is 0 Å². The van der Waals surface area contributed by atoms with Gasteiger partial charge in [-0.2, -0.15) is 0 Å². The second kappa shape index (κ2) is 5.53. The van der Waals surface area contributed by atoms with Crippen molar-refractivity contribution in [2.75, 3.05) is 18.6 Å². The number of aryl methyl sites for hydroxylation is 1. The van der Waals surface area contributed by atoms with Gasteiger partial charge < -0.3 is 9.64 Å². The number of anilines is 1. The molecular weight excluding hydrogens is 214 g/mol. The van der Waals surface area contributed by atoms with E-state index in [1.807, 2.05) is 12.3 Å². The Morgan fingerprint density at radius 1 is 1.35 bits per heavy atom. The van der Waals surface area contributed by atoms with Crippen molar-refractivity contribution in [3.8, 4) is 0 Å². The van der Waals surface area contributed by atoms with Crippen LogP contribution in [0, 0.1) is 0 Å². The van der Waals surface area contributed by atoms with E-state index in [-0.39, 0.29) is 5.97 Å². The number of methoxy groups -OCH3 is 1. The van der Waals surface area contributed by atoms with Crippen molar-refractivity contribution in [2.45, 2.75) is 19.3 Å². The van der Waals surface area contributed by atoms with E-state index in [4.69, 9.17) is 0 Å². The van der Waals surface area contributed by atoms with Crippen LogP contribution in [-0.2, 0) is 16.0 Å². The van der Waals surface area contributed by atoms with Crippen molar-refractivity contribution >= 4 is 11.7 Å². The van der Waals surface area contributed by atoms with Crippen molar-refractivity contribution < 1.29 is 9.53 Å². The van der Waals surface area contributed by atoms with E-state index in [0.29, 0.717) is 0 Å². The van der Waals surface area contributed by atoms with Crippen molar-refractivity contribution in [2.24, 2.45) is 0 Å². The molecule has 0 saturated heterocycles. The minimum absolute atomic E-state index is 0.313. The summed E-state index contributed by atoms with van der Waals surface area (Å²) in [7, 11) is 1.39. The Balaban J connectivity index is 2.22. The molecule has 3 heteroatoms. The zero-order valence-electron chi connectivity index (χ0n) is 10.1. The first-order valence-corrected chi connectivity index (χ1v) is 5.92. The number of carbonyl (C=O) groups is 1. The maximum Gasteiger partial charge on any atom is 0.331 e. The van der Waals surface area contributed by atoms with Crippen molar-refractivity contribution in [3.05, 3.63) is 42.1 Å². The fourth-order valence-electron chi connectivity index (χ4n) is 2.09. The molecule has 0 fully saturated rings. The maximum absolute atomic E-state index is 11.1. The van der Waals surface area contributed by atoms with Crippen LogP contribution in [0.15, 0.2) is 36.5 Å². The molecule has 1 aliphatic rings. The van der Waals surface area contributed by atoms with Crippen LogP contribution in [-0.4, -0.2) is 19.6 Å². The molecule has 3 nitrogen and oxygen atoms in total. The van der Waals surface area contributed by atoms with Crippen LogP contribution in [0.25, 0.3) is 0 Å². The molecule has 17 heavy (non-hydrogen) atoms. The number of carbonyl (C=O) groups excluding carboxylic acids is 1. The summed E-state index contributed by atoms with van der Waals surface area (Å²) in [6.45, 7) is 0.949. The van der Waals surface area contributed by atoms with Gasteiger partial charge in [0.25, 0.3) is 0 Å². The van der Waals surface area contributed by atoms with E-state index >= 15 is 0 Å². The normalized spacial score (nSPS) is 15.5. The Morgan fingerprint density at radius 2 is 2.18 bits per heavy atom. The molecule has 0 saturated carbocycles. The summed E-state index contributed by atoms with van der Waals surface area (Å²) in [6, 6.07) is 8.34. The summed E-state index contributed by atoms with van der Waals surface area (Å²) in [4.78, 5) is 13.2. The number of esters is 1. The number of ether oxygens (including phenoxy) is 1. The largest absolute Gasteiger partial charge is 0.466 e. The lowest BCUT2D eigenvalue weighted by Crippen LogP contribution is -2.17. The number of hydrogen-bond acceptors (Lipinski definition) is 3. The molecule has 2 rings (SSSR count). The second-order valence-electron chi connectivity index (χ2n) is 4.12. The van der Waals surface area contributed by atoms with Crippen LogP contribution in [0.1, 0.15) is 18.4 Å². The van der Waals surface area contributed by atoms with Gasteiger partial charge in [0.05, 0.1) is 7.11 Å². The van der Waals surface area contributed by atoms with Gasteiger partial charge in [0.15, 0.2) is 0 Å². The van der Waals surface area contributed by atoms with Gasteiger partial charge in [0, 0.05) is 24.5 Å². The summed E-state index contributed by atoms with van der Waals surface area (Å²) in [5, 5.41) is 0. The number of fused-ring (bicyclic) bond motifs is 1. The minimum atomic E-state index is -0.313. The number of para-hydroxylation sites is 1. The van der Waals surface area contributed by atoms with Gasteiger partial charge in [-0.25, -0.2) is 4.79 Å². The molecule has 0 bridgehead atoms. The zero-order chi connectivity index (χ0) is 12.1. The van der Waals surface area contributed by atoms with Crippen LogP contribution < -0.4 is 4.90 Å². The van der Waals surface area contributed by atoms with Crippen molar-refractivity contribution in [3.63, 3.8) is 0 Å². The number of hydrogen-bond donors (Lipinski definition) is 0. The van der Waals surface area contributed by atoms with E-state index in [2.05, 4.69) is 27.8 Å². The third-order valence-electron chi connectivity index (χ3n) is 2.99. The molecule has 1 aromatic rings. The standard InChI is InChI=1S/C14H17NO2/c1-17-14(16)9-11-15-10-5-4-7-12-6-2-3-8-13(12)15/h2-3,6,8-9,11H,4-5,7,10H2,1H3. The van der Waals surface area contributed by atoms with Gasteiger partial charge in [-0.1, -0.05) is 18.2 Å². The first-order valence-electron chi connectivity index (χ1n) is 5.92. The van der Waals surface area contributed by atoms with Gasteiger partial charge in [0.2, 0.25) is 0 Å². The lowest BCUT2D eigenvalue weighted by Gasteiger charge is -2.20. The number of nitrogens with zero attached hydrogens (tertiary/aromatic N) is 1. The Hall–Kier alpha value is -1.77. The number of rotatable bonds is 2. The summed E-state index contributed by atoms with van der Waals surface area (Å²) >= 11 is 0. The maximum atomic E-state index is 11.1. The highest BCUT2D eigenvalue weighted by molar-refractivity contribution is 5.82. The second-order valence-corrected chi connectivity index (χ2v) is 4.12. The highest BCUT2D eigenvalue weighted by atomic mass is 16.5. The van der Waals surface area contributed by atoms with E-state index in [1.165, 1.54) is 30.9 Å². The molecule has 0 spiro atoms. The quantitative estimate of drug-likeness (QED) is 0.578. The van der Waals surface area contributed by atoms with Gasteiger partial charge >= 0.3 is 5.97 Å². The first kappa shape index (κ1) is 11.7. The average Bonchev–Trinajstić information content (AvgIpc) is 2.58. The van der Waals surface area contributed by atoms with Crippen LogP contribution in [0.3, 0.4) is 0 Å². The highest BCUT2D eigenvalue weighted by Gasteiger charge is 2.12. The van der Waals surface area contributed by atoms with Crippen LogP contribution in [0.4, 0.5) is 5.69 Å². The number of benzene rings is 1. The monoisotopic (exact) mass is 231 g/mol. The SMILES string of the molecule is COC(=O)C=CN1CCCCc2ccccc21. The predicted molar refractivity (Wildman–Crippen MR) is 67.9 cm³/mol. The Morgan fingerprint density at radius 3 is 3.00 bits per heavy atom. The molecule has 0 unspecified atom stereocenters. The van der Waals surface area contributed by atoms with E-state index in [0.717, 1.165) is 19.4 Å². The molecule has 0 aliphatic carbocycles. The molecular formula is C14H17NO2. The summed E-state index contributed by atoms with van der Waals surface area (Å²) < 4.78 is 4.61. The van der Waals surface area contributed by atoms with Crippen LogP contribution in [0.2, 0.25) is 0 Å². The molecule has 0 aromatic heterocycles. The van der Waals surface area contributed by atoms with Gasteiger partial charge in [-0.3, -0.25) is 0 Å². The third kappa shape index (κ3) is 2.87. The Kier molecular flexibility index (Phi) is 3.81. The van der Waals surface area contributed by atoms with Gasteiger partial charge in [-0.15, -0.1) is 0 Å². The summed E-state index contributed by atoms with van der Waals surface area (Å²) in [6.07, 6.45) is 6.73. The molecule has 0 N–H and O–H groups in total. The molecule has 0 amide bonds. The van der Waals surface area contributed by atoms with E-state index in [1.54, 1.807) is 0 Å². The third-order valence-corrected chi connectivity index (χ3v) is 2.99. The molecule has 0 radical (unpaired) electrons. The summed E-state index contributed by atoms with van der Waals surface area (Å²) in [5.41, 5.74) is 2.55. The lowest BCUT2D eigenvalue weighted by atomic mass is 10.1. The van der Waals surface area contributed by atoms with Crippen LogP contribution >= 0.6 is 0 Å². The van der Waals surface area contributed by atoms with Crippen LogP contribution in [0.5, 0.6) is 0 Å². The highest BCUT2D eigenvalue weighted by Crippen LogP contribution is 2.26. The molecule has 0 atom stereocenters. The molecule has 90 valence electrons. The molecule has 1 aromatic carbocycles. The lowest BCUT2D eigenvalue weighted by molar-refractivity contribution is -0.134. The van der Waals surface area contributed by atoms with Gasteiger partial charge in [-0.05, 0) is 30.9 Å². The Labute approximate surface area is 102 Å². The predicted octanol–water partition coefficient (Wildman–Crippen LogP) is 2.52. The smallest absolute Gasteiger partial charge is 0.331 e. The van der Waals surface area contributed by atoms with Crippen molar-refractivity contribution in [1.82, 2.24) is 0 Å².